The predicted octanol–water partition coefficient (Wildman–Crippen LogP) is 6.72. The van der Waals surface area contributed by atoms with Gasteiger partial charge in [-0.05, 0) is 68.7 Å². The molecule has 0 spiro atoms. The molecule has 3 aromatic carbocycles. The van der Waals surface area contributed by atoms with Crippen molar-refractivity contribution in [1.82, 2.24) is 4.67 Å². The van der Waals surface area contributed by atoms with Crippen LogP contribution in [0.5, 0.6) is 11.5 Å². The van der Waals surface area contributed by atoms with Crippen molar-refractivity contribution in [3.8, 4) is 11.5 Å². The number of esters is 1. The highest BCUT2D eigenvalue weighted by atomic mass is 31.2. The zero-order valence-electron chi connectivity index (χ0n) is 27.5. The average Bonchev–Trinajstić information content (AvgIpc) is 3.41. The van der Waals surface area contributed by atoms with Crippen LogP contribution in [0.25, 0.3) is 0 Å². The summed E-state index contributed by atoms with van der Waals surface area (Å²) in [5.41, 5.74) is 1.47. The first-order valence-corrected chi connectivity index (χ1v) is 16.3. The summed E-state index contributed by atoms with van der Waals surface area (Å²) >= 11 is 0. The summed E-state index contributed by atoms with van der Waals surface area (Å²) in [4.78, 5) is 12.3. The number of ether oxygens (including phenoxy) is 5. The summed E-state index contributed by atoms with van der Waals surface area (Å²) < 4.78 is 44.9. The van der Waals surface area contributed by atoms with E-state index in [1.807, 2.05) is 78.9 Å². The lowest BCUT2D eigenvalue weighted by atomic mass is 9.79. The fourth-order valence-corrected chi connectivity index (χ4v) is 7.27. The molecule has 244 valence electrons. The van der Waals surface area contributed by atoms with Crippen molar-refractivity contribution in [2.45, 2.75) is 70.6 Å². The Morgan fingerprint density at radius 1 is 0.844 bits per heavy atom. The SMILES string of the molecule is COc1ccc(C(OC2C(COP(OC)N(C(C)C)C(C)C)OCC2OC(C)=O)(c2ccccc2)c2ccc(OC)cc2)cc1. The molecule has 3 aromatic rings. The second kappa shape index (κ2) is 16.0. The summed E-state index contributed by atoms with van der Waals surface area (Å²) in [6.45, 7) is 10.2. The molecule has 45 heavy (non-hydrogen) atoms. The van der Waals surface area contributed by atoms with Crippen molar-refractivity contribution >= 4 is 14.5 Å². The van der Waals surface area contributed by atoms with E-state index in [9.17, 15) is 4.79 Å². The number of carbonyl (C=O) groups is 1. The number of rotatable bonds is 15. The molecule has 4 rings (SSSR count). The molecule has 4 atom stereocenters. The third-order valence-electron chi connectivity index (χ3n) is 7.76. The van der Waals surface area contributed by atoms with Gasteiger partial charge in [-0.2, -0.15) is 0 Å². The largest absolute Gasteiger partial charge is 0.497 e. The number of methoxy groups -OCH3 is 2. The number of hydrogen-bond donors (Lipinski definition) is 0. The van der Waals surface area contributed by atoms with Crippen LogP contribution in [0, 0.1) is 0 Å². The van der Waals surface area contributed by atoms with Gasteiger partial charge in [0.25, 0.3) is 8.53 Å². The molecule has 1 aliphatic rings. The highest BCUT2D eigenvalue weighted by Crippen LogP contribution is 2.47. The standard InChI is InChI=1S/C35H46NO8P/c1-24(2)36(25(3)4)45(40-8)42-23-32-34(33(22-41-32)43-26(5)37)44-35(27-12-10-9-11-13-27,28-14-18-30(38-6)19-15-28)29-16-20-31(39-7)21-17-29/h9-21,24-25,32-34H,22-23H2,1-8H3. The van der Waals surface area contributed by atoms with Gasteiger partial charge in [-0.25, -0.2) is 4.67 Å². The van der Waals surface area contributed by atoms with Gasteiger partial charge in [0.1, 0.15) is 29.3 Å². The minimum atomic E-state index is -1.38. The maximum atomic E-state index is 12.3. The average molecular weight is 640 g/mol. The van der Waals surface area contributed by atoms with Crippen molar-refractivity contribution in [3.05, 3.63) is 95.6 Å². The fourth-order valence-electron chi connectivity index (χ4n) is 5.81. The molecular weight excluding hydrogens is 593 g/mol. The molecule has 1 fully saturated rings. The lowest BCUT2D eigenvalue weighted by Gasteiger charge is -2.40. The number of hydrogen-bond acceptors (Lipinski definition) is 9. The molecular formula is C35H46NO8P. The van der Waals surface area contributed by atoms with Crippen LogP contribution in [-0.4, -0.2) is 75.6 Å². The topological polar surface area (TPSA) is 84.9 Å². The first-order valence-electron chi connectivity index (χ1n) is 15.2. The van der Waals surface area contributed by atoms with Crippen LogP contribution < -0.4 is 9.47 Å². The third kappa shape index (κ3) is 8.04. The van der Waals surface area contributed by atoms with Crippen molar-refractivity contribution in [2.24, 2.45) is 0 Å². The van der Waals surface area contributed by atoms with Crippen LogP contribution in [0.3, 0.4) is 0 Å². The number of carbonyl (C=O) groups excluding carboxylic acids is 1. The highest BCUT2D eigenvalue weighted by molar-refractivity contribution is 7.44. The fraction of sp³-hybridized carbons (Fsp3) is 0.457. The molecule has 0 radical (unpaired) electrons. The maximum absolute atomic E-state index is 12.3. The van der Waals surface area contributed by atoms with Gasteiger partial charge in [-0.1, -0.05) is 54.6 Å². The summed E-state index contributed by atoms with van der Waals surface area (Å²) in [5.74, 6) is 1.02. The van der Waals surface area contributed by atoms with E-state index in [0.717, 1.165) is 28.2 Å². The van der Waals surface area contributed by atoms with Crippen LogP contribution in [-0.2, 0) is 33.7 Å². The van der Waals surface area contributed by atoms with E-state index < -0.39 is 38.4 Å². The van der Waals surface area contributed by atoms with Crippen LogP contribution >= 0.6 is 8.53 Å². The smallest absolute Gasteiger partial charge is 0.303 e. The van der Waals surface area contributed by atoms with Gasteiger partial charge in [0.05, 0.1) is 27.4 Å². The molecule has 9 nitrogen and oxygen atoms in total. The minimum absolute atomic E-state index is 0.164. The second-order valence-electron chi connectivity index (χ2n) is 11.4. The molecule has 0 bridgehead atoms. The Morgan fingerprint density at radius 3 is 1.80 bits per heavy atom. The minimum Gasteiger partial charge on any atom is -0.497 e. The number of benzene rings is 3. The zero-order valence-corrected chi connectivity index (χ0v) is 28.4. The van der Waals surface area contributed by atoms with E-state index >= 15 is 0 Å². The maximum Gasteiger partial charge on any atom is 0.303 e. The molecule has 0 N–H and O–H groups in total. The molecule has 10 heteroatoms. The van der Waals surface area contributed by atoms with Gasteiger partial charge in [-0.3, -0.25) is 4.79 Å². The molecule has 4 unspecified atom stereocenters. The summed E-state index contributed by atoms with van der Waals surface area (Å²) in [6, 6.07) is 26.0. The van der Waals surface area contributed by atoms with Gasteiger partial charge in [0.15, 0.2) is 6.10 Å². The van der Waals surface area contributed by atoms with Crippen LogP contribution in [0.2, 0.25) is 0 Å². The van der Waals surface area contributed by atoms with Gasteiger partial charge in [-0.15, -0.1) is 0 Å². The third-order valence-corrected chi connectivity index (χ3v) is 9.75. The monoisotopic (exact) mass is 639 g/mol. The predicted molar refractivity (Wildman–Crippen MR) is 174 cm³/mol. The van der Waals surface area contributed by atoms with Crippen molar-refractivity contribution in [3.63, 3.8) is 0 Å². The number of nitrogens with zero attached hydrogens (tertiary/aromatic N) is 1. The first-order chi connectivity index (χ1) is 21.6. The van der Waals surface area contributed by atoms with Crippen LogP contribution in [0.15, 0.2) is 78.9 Å². The Labute approximate surface area is 268 Å². The molecule has 1 saturated heterocycles. The van der Waals surface area contributed by atoms with Gasteiger partial charge in [0.2, 0.25) is 0 Å². The molecule has 0 aliphatic carbocycles. The Bertz CT molecular complexity index is 1280. The van der Waals surface area contributed by atoms with Crippen molar-refractivity contribution < 1.29 is 37.5 Å². The van der Waals surface area contributed by atoms with Gasteiger partial charge >= 0.3 is 5.97 Å². The highest BCUT2D eigenvalue weighted by Gasteiger charge is 2.49. The second-order valence-corrected chi connectivity index (χ2v) is 13.0. The Kier molecular flexibility index (Phi) is 12.4. The molecule has 0 aromatic heterocycles. The van der Waals surface area contributed by atoms with E-state index in [4.69, 9.17) is 32.7 Å². The Morgan fingerprint density at radius 2 is 1.36 bits per heavy atom. The Balaban J connectivity index is 1.83. The van der Waals surface area contributed by atoms with Crippen molar-refractivity contribution in [2.75, 3.05) is 34.5 Å². The van der Waals surface area contributed by atoms with E-state index in [1.54, 1.807) is 21.3 Å². The first kappa shape index (κ1) is 34.8. The van der Waals surface area contributed by atoms with E-state index in [1.165, 1.54) is 6.92 Å². The van der Waals surface area contributed by atoms with Crippen LogP contribution in [0.1, 0.15) is 51.3 Å². The van der Waals surface area contributed by atoms with Gasteiger partial charge in [0, 0.05) is 26.1 Å². The summed E-state index contributed by atoms with van der Waals surface area (Å²) in [7, 11) is 3.55. The molecule has 1 heterocycles. The normalized spacial score (nSPS) is 19.2. The van der Waals surface area contributed by atoms with Gasteiger partial charge < -0.3 is 32.7 Å². The lowest BCUT2D eigenvalue weighted by Crippen LogP contribution is -2.46. The molecule has 0 amide bonds. The van der Waals surface area contributed by atoms with Crippen molar-refractivity contribution in [1.29, 1.82) is 0 Å². The van der Waals surface area contributed by atoms with E-state index in [0.29, 0.717) is 0 Å². The summed E-state index contributed by atoms with van der Waals surface area (Å²) in [6.07, 6.45) is -1.93. The zero-order chi connectivity index (χ0) is 32.6. The lowest BCUT2D eigenvalue weighted by molar-refractivity contribution is -0.159. The van der Waals surface area contributed by atoms with Crippen LogP contribution in [0.4, 0.5) is 0 Å². The Hall–Kier alpha value is -3.04. The molecule has 0 saturated carbocycles. The van der Waals surface area contributed by atoms with E-state index in [2.05, 4.69) is 32.4 Å². The quantitative estimate of drug-likeness (QED) is 0.102. The summed E-state index contributed by atoms with van der Waals surface area (Å²) in [5, 5.41) is 0. The molecule has 1 aliphatic heterocycles. The van der Waals surface area contributed by atoms with E-state index in [-0.39, 0.29) is 25.3 Å².